The number of aliphatic hydroxyl groups is 1. The molecule has 0 aliphatic carbocycles. The number of hydrogen-bond donors (Lipinski definition) is 3. The van der Waals surface area contributed by atoms with Gasteiger partial charge in [0, 0.05) is 59.2 Å². The number of hydrogen-bond acceptors (Lipinski definition) is 11. The molecule has 3 N–H and O–H groups in total. The molecular weight excluding hydrogens is 921 g/mol. The SMILES string of the molecule is CCOCCN(C)CCC(CSc1ccccc1)Nc1ccc(S(=O)(=O)NC(=O)c2ccc(N3CCC([C@@H](O)c4ccccc4-c4ccc(Cl)cc4)CC3)cc2)cc1S(=O)(=O)C(F)(F)F. The molecule has 5 aromatic carbocycles. The van der Waals surface area contributed by atoms with Crippen molar-refractivity contribution in [2.75, 3.05) is 62.4 Å². The quantitative estimate of drug-likeness (QED) is 0.0507. The Morgan fingerprint density at radius 1 is 0.908 bits per heavy atom. The summed E-state index contributed by atoms with van der Waals surface area (Å²) in [7, 11) is -9.09. The van der Waals surface area contributed by atoms with Gasteiger partial charge in [-0.15, -0.1) is 11.8 Å². The molecule has 348 valence electrons. The highest BCUT2D eigenvalue weighted by molar-refractivity contribution is 7.99. The first-order valence-electron chi connectivity index (χ1n) is 21.1. The number of halogens is 4. The number of nitrogens with zero attached hydrogens (tertiary/aromatic N) is 2. The van der Waals surface area contributed by atoms with Gasteiger partial charge in [-0.1, -0.05) is 66.2 Å². The van der Waals surface area contributed by atoms with E-state index in [-0.39, 0.29) is 11.5 Å². The second-order valence-electron chi connectivity index (χ2n) is 15.7. The molecule has 0 aromatic heterocycles. The fourth-order valence-electron chi connectivity index (χ4n) is 7.56. The molecule has 11 nitrogen and oxygen atoms in total. The van der Waals surface area contributed by atoms with E-state index in [1.54, 1.807) is 12.1 Å². The number of carbonyl (C=O) groups is 1. The summed E-state index contributed by atoms with van der Waals surface area (Å²) in [6, 6.07) is 32.5. The number of thioether (sulfide) groups is 1. The second-order valence-corrected chi connectivity index (χ2v) is 20.8. The molecule has 0 bridgehead atoms. The minimum absolute atomic E-state index is 0.0189. The number of likely N-dealkylation sites (N-methyl/N-ethyl adjacent to an activating group) is 1. The summed E-state index contributed by atoms with van der Waals surface area (Å²) < 4.78 is 103. The van der Waals surface area contributed by atoms with Crippen LogP contribution in [-0.4, -0.2) is 96.5 Å². The number of aliphatic hydroxyl groups excluding tert-OH is 1. The zero-order valence-electron chi connectivity index (χ0n) is 35.9. The maximum Gasteiger partial charge on any atom is 0.501 e. The topological polar surface area (TPSA) is 145 Å². The maximum absolute atomic E-state index is 14.2. The number of sulfonamides is 1. The van der Waals surface area contributed by atoms with Gasteiger partial charge in [0.15, 0.2) is 0 Å². The summed E-state index contributed by atoms with van der Waals surface area (Å²) in [6.07, 6.45) is 1.04. The number of carbonyl (C=O) groups excluding carboxylic acids is 1. The summed E-state index contributed by atoms with van der Waals surface area (Å²) in [5.74, 6) is -0.743. The molecular formula is C47H52ClF3N4O7S3. The highest BCUT2D eigenvalue weighted by Gasteiger charge is 2.48. The van der Waals surface area contributed by atoms with Crippen molar-refractivity contribution in [1.82, 2.24) is 9.62 Å². The van der Waals surface area contributed by atoms with Crippen molar-refractivity contribution in [3.8, 4) is 11.1 Å². The number of anilines is 2. The van der Waals surface area contributed by atoms with Gasteiger partial charge in [0.25, 0.3) is 25.8 Å². The van der Waals surface area contributed by atoms with Crippen LogP contribution in [-0.2, 0) is 24.6 Å². The van der Waals surface area contributed by atoms with Gasteiger partial charge in [-0.25, -0.2) is 21.6 Å². The summed E-state index contributed by atoms with van der Waals surface area (Å²) in [4.78, 5) is 16.1. The summed E-state index contributed by atoms with van der Waals surface area (Å²) in [5, 5.41) is 15.1. The van der Waals surface area contributed by atoms with Crippen molar-refractivity contribution in [3.63, 3.8) is 0 Å². The van der Waals surface area contributed by atoms with Crippen LogP contribution in [0, 0.1) is 5.92 Å². The highest BCUT2D eigenvalue weighted by Crippen LogP contribution is 2.39. The fourth-order valence-corrected chi connectivity index (χ4v) is 10.7. The average Bonchev–Trinajstić information content (AvgIpc) is 3.30. The molecule has 5 aromatic rings. The van der Waals surface area contributed by atoms with Crippen LogP contribution in [0.25, 0.3) is 11.1 Å². The van der Waals surface area contributed by atoms with Gasteiger partial charge in [0.1, 0.15) is 4.90 Å². The Hall–Kier alpha value is -4.62. The van der Waals surface area contributed by atoms with Crippen LogP contribution in [0.3, 0.4) is 0 Å². The number of alkyl halides is 3. The van der Waals surface area contributed by atoms with E-state index in [0.717, 1.165) is 39.4 Å². The highest BCUT2D eigenvalue weighted by atomic mass is 35.5. The summed E-state index contributed by atoms with van der Waals surface area (Å²) in [5.41, 5.74) is -2.77. The minimum Gasteiger partial charge on any atom is -0.388 e. The number of nitrogens with one attached hydrogen (secondary N) is 2. The minimum atomic E-state index is -6.08. The van der Waals surface area contributed by atoms with Gasteiger partial charge < -0.3 is 25.0 Å². The van der Waals surface area contributed by atoms with Gasteiger partial charge >= 0.3 is 5.51 Å². The van der Waals surface area contributed by atoms with E-state index in [0.29, 0.717) is 75.5 Å². The average molecular weight is 974 g/mol. The van der Waals surface area contributed by atoms with E-state index in [2.05, 4.69) is 10.2 Å². The zero-order chi connectivity index (χ0) is 46.8. The molecule has 1 unspecified atom stereocenters. The van der Waals surface area contributed by atoms with Crippen molar-refractivity contribution in [2.45, 2.75) is 58.5 Å². The van der Waals surface area contributed by atoms with Crippen LogP contribution >= 0.6 is 23.4 Å². The lowest BCUT2D eigenvalue weighted by atomic mass is 9.84. The molecule has 0 saturated carbocycles. The number of amides is 1. The van der Waals surface area contributed by atoms with Crippen LogP contribution in [0.1, 0.15) is 48.2 Å². The van der Waals surface area contributed by atoms with E-state index < -0.39 is 58.9 Å². The van der Waals surface area contributed by atoms with E-state index in [4.69, 9.17) is 16.3 Å². The molecule has 1 heterocycles. The van der Waals surface area contributed by atoms with Gasteiger partial charge in [-0.2, -0.15) is 13.2 Å². The van der Waals surface area contributed by atoms with E-state index in [9.17, 15) is 39.9 Å². The molecule has 1 saturated heterocycles. The lowest BCUT2D eigenvalue weighted by Gasteiger charge is -2.36. The van der Waals surface area contributed by atoms with Crippen LogP contribution in [0.4, 0.5) is 24.5 Å². The Labute approximate surface area is 388 Å². The van der Waals surface area contributed by atoms with Gasteiger partial charge in [-0.3, -0.25) is 4.79 Å². The number of ether oxygens (including phenoxy) is 1. The van der Waals surface area contributed by atoms with Crippen molar-refractivity contribution in [3.05, 3.63) is 137 Å². The summed E-state index contributed by atoms with van der Waals surface area (Å²) >= 11 is 7.52. The van der Waals surface area contributed by atoms with Crippen LogP contribution in [0.15, 0.2) is 136 Å². The maximum atomic E-state index is 14.2. The van der Waals surface area contributed by atoms with Crippen molar-refractivity contribution >= 4 is 60.5 Å². The summed E-state index contributed by atoms with van der Waals surface area (Å²) in [6.45, 7) is 5.20. The van der Waals surface area contributed by atoms with E-state index >= 15 is 0 Å². The lowest BCUT2D eigenvalue weighted by Crippen LogP contribution is -2.36. The fraction of sp³-hybridized carbons (Fsp3) is 0.340. The molecule has 1 fully saturated rings. The first kappa shape index (κ1) is 49.8. The second kappa shape index (κ2) is 22.2. The Morgan fingerprint density at radius 3 is 2.23 bits per heavy atom. The predicted molar refractivity (Wildman–Crippen MR) is 251 cm³/mol. The molecule has 18 heteroatoms. The molecule has 1 aliphatic rings. The molecule has 1 amide bonds. The number of sulfone groups is 1. The Morgan fingerprint density at radius 2 is 1.57 bits per heavy atom. The number of piperidine rings is 1. The van der Waals surface area contributed by atoms with Crippen LogP contribution in [0.5, 0.6) is 0 Å². The molecule has 65 heavy (non-hydrogen) atoms. The molecule has 2 atom stereocenters. The van der Waals surface area contributed by atoms with E-state index in [1.165, 1.54) is 23.9 Å². The Balaban J connectivity index is 1.13. The monoisotopic (exact) mass is 972 g/mol. The van der Waals surface area contributed by atoms with Gasteiger partial charge in [-0.05, 0) is 129 Å². The normalized spacial score (nSPS) is 14.9. The molecule has 0 spiro atoms. The smallest absolute Gasteiger partial charge is 0.388 e. The lowest BCUT2D eigenvalue weighted by molar-refractivity contribution is -0.0435. The molecule has 6 rings (SSSR count). The van der Waals surface area contributed by atoms with Gasteiger partial charge in [0.05, 0.1) is 23.3 Å². The van der Waals surface area contributed by atoms with Crippen LogP contribution < -0.4 is 14.9 Å². The molecule has 0 radical (unpaired) electrons. The van der Waals surface area contributed by atoms with Crippen molar-refractivity contribution < 1.29 is 44.6 Å². The predicted octanol–water partition coefficient (Wildman–Crippen LogP) is 9.30. The first-order chi connectivity index (χ1) is 31.0. The third kappa shape index (κ3) is 13.1. The number of benzene rings is 5. The zero-order valence-corrected chi connectivity index (χ0v) is 39.1. The van der Waals surface area contributed by atoms with E-state index in [1.807, 2.05) is 102 Å². The largest absolute Gasteiger partial charge is 0.501 e. The molecule has 1 aliphatic heterocycles. The first-order valence-corrected chi connectivity index (χ1v) is 25.4. The van der Waals surface area contributed by atoms with Gasteiger partial charge in [0.2, 0.25) is 0 Å². The number of rotatable bonds is 20. The third-order valence-corrected chi connectivity index (χ3v) is 15.5. The Bertz CT molecular complexity index is 2580. The van der Waals surface area contributed by atoms with Crippen LogP contribution in [0.2, 0.25) is 5.02 Å². The standard InChI is InChI=1S/C47H52ClF3N4O7S3/c1-3-62-30-29-54(2)26-25-37(32-63-39-9-5-4-6-10-39)52-43-22-21-40(31-44(43)64(58,59)47(49,50)51)65(60,61)53-46(57)35-15-19-38(20-16-35)55-27-23-34(24-28-55)45(56)42-12-8-7-11-41(42)33-13-17-36(48)18-14-33/h4-22,31,34,37,45,52,56H,3,23-30,32H2,1-2H3,(H,53,57)/t37?,45-/m1/s1. The third-order valence-electron chi connectivity index (χ3n) is 11.2. The van der Waals surface area contributed by atoms with Crippen molar-refractivity contribution in [2.24, 2.45) is 5.92 Å². The Kier molecular flexibility index (Phi) is 17.0. The van der Waals surface area contributed by atoms with Crippen molar-refractivity contribution in [1.29, 1.82) is 0 Å².